The molecule has 0 saturated carbocycles. The van der Waals surface area contributed by atoms with Gasteiger partial charge in [0.1, 0.15) is 13.1 Å². The van der Waals surface area contributed by atoms with E-state index in [0.717, 1.165) is 30.3 Å². The largest absolute Gasteiger partial charge is 0.465 e. The first-order chi connectivity index (χ1) is 16.4. The number of hydrogen-bond acceptors (Lipinski definition) is 7. The molecule has 2 atom stereocenters. The molecule has 1 aliphatic rings. The quantitative estimate of drug-likeness (QED) is 0.384. The van der Waals surface area contributed by atoms with E-state index in [0.29, 0.717) is 10.9 Å². The molecule has 0 spiro atoms. The summed E-state index contributed by atoms with van der Waals surface area (Å²) in [6.07, 6.45) is 3.17. The molecule has 10 nitrogen and oxygen atoms in total. The van der Waals surface area contributed by atoms with E-state index in [4.69, 9.17) is 4.74 Å². The molecule has 3 heterocycles. The minimum atomic E-state index is -0.476. The van der Waals surface area contributed by atoms with Crippen molar-refractivity contribution in [3.8, 4) is 0 Å². The van der Waals surface area contributed by atoms with Gasteiger partial charge in [-0.3, -0.25) is 23.4 Å². The number of nitrogens with zero attached hydrogens (tertiary/aromatic N) is 5. The van der Waals surface area contributed by atoms with E-state index in [-0.39, 0.29) is 49.3 Å². The Bertz CT molecular complexity index is 1190. The molecule has 34 heavy (non-hydrogen) atoms. The van der Waals surface area contributed by atoms with Crippen LogP contribution >= 0.6 is 11.8 Å². The normalized spacial score (nSPS) is 18.4. The van der Waals surface area contributed by atoms with E-state index in [1.165, 1.54) is 11.8 Å². The van der Waals surface area contributed by atoms with Crippen molar-refractivity contribution in [2.75, 3.05) is 18.9 Å². The summed E-state index contributed by atoms with van der Waals surface area (Å²) >= 11 is 1.22. The number of hydrogen-bond donors (Lipinski definition) is 1. The predicted octanol–water partition coefficient (Wildman–Crippen LogP) is 2.24. The molecule has 4 rings (SSSR count). The van der Waals surface area contributed by atoms with Crippen molar-refractivity contribution in [1.29, 1.82) is 0 Å². The van der Waals surface area contributed by atoms with Crippen LogP contribution in [0.1, 0.15) is 40.0 Å². The van der Waals surface area contributed by atoms with Crippen LogP contribution in [0, 0.1) is 0 Å². The first kappa shape index (κ1) is 24.1. The summed E-state index contributed by atoms with van der Waals surface area (Å²) in [7, 11) is 0. The Morgan fingerprint density at radius 1 is 1.12 bits per heavy atom. The monoisotopic (exact) mass is 486 g/mol. The van der Waals surface area contributed by atoms with E-state index in [1.54, 1.807) is 6.92 Å². The summed E-state index contributed by atoms with van der Waals surface area (Å²) in [5.74, 6) is -0.0843. The van der Waals surface area contributed by atoms with Crippen LogP contribution < -0.4 is 5.32 Å². The van der Waals surface area contributed by atoms with Gasteiger partial charge in [-0.1, -0.05) is 23.9 Å². The molecule has 0 aliphatic carbocycles. The fraction of sp³-hybridized carbons (Fsp3) is 0.522. The van der Waals surface area contributed by atoms with Gasteiger partial charge < -0.3 is 15.0 Å². The van der Waals surface area contributed by atoms with Gasteiger partial charge in [-0.2, -0.15) is 0 Å². The lowest BCUT2D eigenvalue weighted by atomic mass is 9.97. The van der Waals surface area contributed by atoms with Gasteiger partial charge in [-0.05, 0) is 52.2 Å². The zero-order chi connectivity index (χ0) is 24.2. The maximum absolute atomic E-state index is 13.3. The number of fused-ring (bicyclic) bond motifs is 3. The molecular formula is C23H30N6O4S. The Morgan fingerprint density at radius 2 is 1.82 bits per heavy atom. The number of piperidine rings is 1. The summed E-state index contributed by atoms with van der Waals surface area (Å²) < 4.78 is 8.58. The third kappa shape index (κ3) is 4.89. The van der Waals surface area contributed by atoms with Crippen molar-refractivity contribution in [2.45, 2.75) is 63.8 Å². The Morgan fingerprint density at radius 3 is 2.53 bits per heavy atom. The van der Waals surface area contributed by atoms with Crippen molar-refractivity contribution in [3.63, 3.8) is 0 Å². The number of benzene rings is 1. The molecule has 1 saturated heterocycles. The number of esters is 1. The summed E-state index contributed by atoms with van der Waals surface area (Å²) in [6, 6.07) is 8.18. The molecule has 1 aromatic carbocycles. The fourth-order valence-electron chi connectivity index (χ4n) is 4.58. The Kier molecular flexibility index (Phi) is 7.40. The predicted molar refractivity (Wildman–Crippen MR) is 128 cm³/mol. The molecule has 11 heteroatoms. The van der Waals surface area contributed by atoms with Gasteiger partial charge in [0.25, 0.3) is 0 Å². The number of imidazole rings is 1. The van der Waals surface area contributed by atoms with Gasteiger partial charge in [-0.15, -0.1) is 10.2 Å². The second-order valence-corrected chi connectivity index (χ2v) is 9.44. The Labute approximate surface area is 202 Å². The highest BCUT2D eigenvalue weighted by Crippen LogP contribution is 2.27. The zero-order valence-electron chi connectivity index (χ0n) is 19.7. The first-order valence-electron chi connectivity index (χ1n) is 11.6. The molecule has 0 bridgehead atoms. The van der Waals surface area contributed by atoms with E-state index in [2.05, 4.69) is 29.4 Å². The number of rotatable bonds is 8. The minimum absolute atomic E-state index is 0.0681. The number of likely N-dealkylation sites (tertiary alicyclic amines) is 1. The maximum atomic E-state index is 13.3. The number of carbonyl (C=O) groups excluding carboxylic acids is 3. The summed E-state index contributed by atoms with van der Waals surface area (Å²) in [4.78, 5) is 38.9. The molecule has 1 fully saturated rings. The number of amides is 2. The molecule has 1 N–H and O–H groups in total. The maximum Gasteiger partial charge on any atom is 0.325 e. The summed E-state index contributed by atoms with van der Waals surface area (Å²) in [6.45, 7) is 6.20. The van der Waals surface area contributed by atoms with Gasteiger partial charge in [0.05, 0.1) is 23.4 Å². The van der Waals surface area contributed by atoms with Crippen LogP contribution in [0.15, 0.2) is 29.4 Å². The third-order valence-corrected chi connectivity index (χ3v) is 7.04. The highest BCUT2D eigenvalue weighted by Gasteiger charge is 2.30. The lowest BCUT2D eigenvalue weighted by molar-refractivity contribution is -0.143. The average molecular weight is 487 g/mol. The highest BCUT2D eigenvalue weighted by atomic mass is 32.2. The molecule has 2 amide bonds. The number of carbonyl (C=O) groups is 3. The van der Waals surface area contributed by atoms with Crippen LogP contribution in [0.3, 0.4) is 0 Å². The van der Waals surface area contributed by atoms with Crippen LogP contribution in [0.25, 0.3) is 16.8 Å². The van der Waals surface area contributed by atoms with Gasteiger partial charge >= 0.3 is 5.97 Å². The van der Waals surface area contributed by atoms with Gasteiger partial charge in [-0.25, -0.2) is 0 Å². The lowest BCUT2D eigenvalue weighted by Gasteiger charge is -2.39. The smallest absolute Gasteiger partial charge is 0.325 e. The fourth-order valence-corrected chi connectivity index (χ4v) is 5.35. The molecule has 1 aliphatic heterocycles. The van der Waals surface area contributed by atoms with Crippen LogP contribution in [-0.4, -0.2) is 72.8 Å². The molecule has 0 radical (unpaired) electrons. The van der Waals surface area contributed by atoms with Gasteiger partial charge in [0.15, 0.2) is 5.16 Å². The van der Waals surface area contributed by atoms with Crippen molar-refractivity contribution in [3.05, 3.63) is 24.3 Å². The first-order valence-corrected chi connectivity index (χ1v) is 12.6. The molecule has 2 aromatic heterocycles. The zero-order valence-corrected chi connectivity index (χ0v) is 20.5. The summed E-state index contributed by atoms with van der Waals surface area (Å²) in [5, 5.41) is 11.7. The number of nitrogens with one attached hydrogen (secondary N) is 1. The number of para-hydroxylation sites is 2. The van der Waals surface area contributed by atoms with Crippen LogP contribution in [0.4, 0.5) is 0 Å². The second-order valence-electron chi connectivity index (χ2n) is 8.49. The molecule has 0 unspecified atom stereocenters. The van der Waals surface area contributed by atoms with Gasteiger partial charge in [0.2, 0.25) is 17.6 Å². The standard InChI is InChI=1S/C23H30N6O4S/c1-4-33-21(32)12-24-19(30)14-34-23-26-25-22-27(17-10-5-6-11-18(17)29(22)23)13-20(31)28-15(2)8-7-9-16(28)3/h5-6,10-11,15-16H,4,7-9,12-14H2,1-3H3,(H,24,30)/t15-,16-/m1/s1. The molecule has 182 valence electrons. The minimum Gasteiger partial charge on any atom is -0.465 e. The average Bonchev–Trinajstić information content (AvgIpc) is 3.36. The third-order valence-electron chi connectivity index (χ3n) is 6.11. The topological polar surface area (TPSA) is 111 Å². The number of aromatic nitrogens is 4. The van der Waals surface area contributed by atoms with Crippen molar-refractivity contribution in [1.82, 2.24) is 29.4 Å². The second kappa shape index (κ2) is 10.5. The van der Waals surface area contributed by atoms with Crippen molar-refractivity contribution < 1.29 is 19.1 Å². The molecular weight excluding hydrogens is 456 g/mol. The lowest BCUT2D eigenvalue weighted by Crippen LogP contribution is -2.48. The summed E-state index contributed by atoms with van der Waals surface area (Å²) in [5.41, 5.74) is 1.75. The van der Waals surface area contributed by atoms with Crippen molar-refractivity contribution >= 4 is 46.4 Å². The van der Waals surface area contributed by atoms with Gasteiger partial charge in [0, 0.05) is 12.1 Å². The number of thioether (sulfide) groups is 1. The van der Waals surface area contributed by atoms with Crippen LogP contribution in [-0.2, 0) is 25.7 Å². The van der Waals surface area contributed by atoms with E-state index in [1.807, 2.05) is 38.1 Å². The Balaban J connectivity index is 1.55. The van der Waals surface area contributed by atoms with Crippen LogP contribution in [0.5, 0.6) is 0 Å². The van der Waals surface area contributed by atoms with E-state index < -0.39 is 5.97 Å². The van der Waals surface area contributed by atoms with Crippen molar-refractivity contribution in [2.24, 2.45) is 0 Å². The molecule has 3 aromatic rings. The van der Waals surface area contributed by atoms with E-state index >= 15 is 0 Å². The van der Waals surface area contributed by atoms with Crippen LogP contribution in [0.2, 0.25) is 0 Å². The Hall–Kier alpha value is -3.08. The highest BCUT2D eigenvalue weighted by molar-refractivity contribution is 7.99. The number of ether oxygens (including phenoxy) is 1. The van der Waals surface area contributed by atoms with E-state index in [9.17, 15) is 14.4 Å². The SMILES string of the molecule is CCOC(=O)CNC(=O)CSc1nnc2n(CC(=O)N3[C@H](C)CCC[C@H]3C)c3ccccc3n12.